The second-order valence-electron chi connectivity index (χ2n) is 6.40. The minimum absolute atomic E-state index is 0.0693. The molecule has 0 spiro atoms. The van der Waals surface area contributed by atoms with Gasteiger partial charge in [0.2, 0.25) is 11.2 Å². The molecule has 27 heavy (non-hydrogen) atoms. The van der Waals surface area contributed by atoms with E-state index in [1.54, 1.807) is 50.2 Å². The summed E-state index contributed by atoms with van der Waals surface area (Å²) >= 11 is 6.29. The van der Waals surface area contributed by atoms with E-state index in [1.807, 2.05) is 13.0 Å². The monoisotopic (exact) mass is 386 g/mol. The standard InChI is InChI=1S/C21H19ClO5/c1-12(2)26-18(23)11-25-21-19(24)15-9-8-13(3)10-17(15)27-20(21)14-6-4-5-7-16(14)22/h4-10,12H,11H2,1-3H3. The van der Waals surface area contributed by atoms with Crippen LogP contribution >= 0.6 is 11.6 Å². The minimum atomic E-state index is -0.571. The van der Waals surface area contributed by atoms with Crippen LogP contribution in [0, 0.1) is 6.92 Å². The number of carbonyl (C=O) groups excluding carboxylic acids is 1. The van der Waals surface area contributed by atoms with Crippen LogP contribution < -0.4 is 10.2 Å². The fourth-order valence-electron chi connectivity index (χ4n) is 2.67. The molecule has 1 aromatic heterocycles. The first-order valence-corrected chi connectivity index (χ1v) is 8.89. The first kappa shape index (κ1) is 19.0. The van der Waals surface area contributed by atoms with Gasteiger partial charge in [0.05, 0.1) is 16.5 Å². The highest BCUT2D eigenvalue weighted by molar-refractivity contribution is 6.33. The van der Waals surface area contributed by atoms with E-state index in [-0.39, 0.29) is 23.0 Å². The molecule has 3 rings (SSSR count). The average Bonchev–Trinajstić information content (AvgIpc) is 2.60. The number of carbonyl (C=O) groups is 1. The van der Waals surface area contributed by atoms with Crippen LogP contribution in [0.1, 0.15) is 19.4 Å². The van der Waals surface area contributed by atoms with E-state index in [0.717, 1.165) is 5.56 Å². The van der Waals surface area contributed by atoms with Crippen molar-refractivity contribution >= 4 is 28.5 Å². The van der Waals surface area contributed by atoms with Crippen LogP contribution in [-0.4, -0.2) is 18.7 Å². The summed E-state index contributed by atoms with van der Waals surface area (Å²) in [5, 5.41) is 0.769. The van der Waals surface area contributed by atoms with Gasteiger partial charge in [-0.2, -0.15) is 0 Å². The number of hydrogen-bond acceptors (Lipinski definition) is 5. The Morgan fingerprint density at radius 3 is 2.63 bits per heavy atom. The van der Waals surface area contributed by atoms with E-state index in [1.165, 1.54) is 0 Å². The predicted molar refractivity (Wildman–Crippen MR) is 104 cm³/mol. The molecule has 2 aromatic carbocycles. The number of hydrogen-bond donors (Lipinski definition) is 0. The lowest BCUT2D eigenvalue weighted by Gasteiger charge is -2.13. The summed E-state index contributed by atoms with van der Waals surface area (Å²) in [4.78, 5) is 24.9. The van der Waals surface area contributed by atoms with Gasteiger partial charge in [-0.3, -0.25) is 4.79 Å². The van der Waals surface area contributed by atoms with Crippen LogP contribution in [-0.2, 0) is 9.53 Å². The molecule has 0 amide bonds. The highest BCUT2D eigenvalue weighted by Crippen LogP contribution is 2.35. The van der Waals surface area contributed by atoms with Crippen LogP contribution in [0.4, 0.5) is 0 Å². The normalized spacial score (nSPS) is 11.0. The second-order valence-corrected chi connectivity index (χ2v) is 6.80. The molecule has 5 nitrogen and oxygen atoms in total. The van der Waals surface area contributed by atoms with Crippen molar-refractivity contribution in [1.29, 1.82) is 0 Å². The maximum Gasteiger partial charge on any atom is 0.344 e. The third-order valence-corrected chi connectivity index (χ3v) is 4.16. The first-order chi connectivity index (χ1) is 12.9. The Morgan fingerprint density at radius 1 is 1.19 bits per heavy atom. The molecule has 140 valence electrons. The van der Waals surface area contributed by atoms with Gasteiger partial charge in [0.15, 0.2) is 12.4 Å². The highest BCUT2D eigenvalue weighted by atomic mass is 35.5. The molecular formula is C21H19ClO5. The average molecular weight is 387 g/mol. The molecule has 0 atom stereocenters. The summed E-state index contributed by atoms with van der Waals surface area (Å²) in [6.45, 7) is 4.97. The van der Waals surface area contributed by atoms with Crippen LogP contribution in [0.5, 0.6) is 5.75 Å². The van der Waals surface area contributed by atoms with E-state index < -0.39 is 12.6 Å². The van der Waals surface area contributed by atoms with E-state index >= 15 is 0 Å². The Bertz CT molecular complexity index is 1050. The molecule has 0 aliphatic carbocycles. The van der Waals surface area contributed by atoms with E-state index in [2.05, 4.69) is 0 Å². The summed E-state index contributed by atoms with van der Waals surface area (Å²) < 4.78 is 16.6. The van der Waals surface area contributed by atoms with Crippen LogP contribution in [0.25, 0.3) is 22.3 Å². The lowest BCUT2D eigenvalue weighted by molar-refractivity contribution is -0.149. The molecule has 0 N–H and O–H groups in total. The number of rotatable bonds is 5. The van der Waals surface area contributed by atoms with Gasteiger partial charge in [0, 0.05) is 5.56 Å². The predicted octanol–water partition coefficient (Wildman–Crippen LogP) is 4.75. The van der Waals surface area contributed by atoms with Gasteiger partial charge in [-0.15, -0.1) is 0 Å². The number of benzene rings is 2. The summed E-state index contributed by atoms with van der Waals surface area (Å²) in [5.74, 6) is -0.459. The zero-order chi connectivity index (χ0) is 19.6. The van der Waals surface area contributed by atoms with Gasteiger partial charge in [-0.1, -0.05) is 29.8 Å². The Labute approximate surface area is 161 Å². The Hall–Kier alpha value is -2.79. The van der Waals surface area contributed by atoms with Crippen molar-refractivity contribution in [1.82, 2.24) is 0 Å². The lowest BCUT2D eigenvalue weighted by Crippen LogP contribution is -2.21. The maximum absolute atomic E-state index is 13.0. The summed E-state index contributed by atoms with van der Waals surface area (Å²) in [6, 6.07) is 12.2. The molecule has 0 bridgehead atoms. The van der Waals surface area contributed by atoms with Crippen molar-refractivity contribution in [3.05, 3.63) is 63.3 Å². The van der Waals surface area contributed by atoms with Crippen LogP contribution in [0.3, 0.4) is 0 Å². The second kappa shape index (κ2) is 7.84. The fourth-order valence-corrected chi connectivity index (χ4v) is 2.89. The van der Waals surface area contributed by atoms with Crippen molar-refractivity contribution in [3.63, 3.8) is 0 Å². The molecule has 3 aromatic rings. The number of fused-ring (bicyclic) bond motifs is 1. The van der Waals surface area contributed by atoms with Crippen molar-refractivity contribution in [2.75, 3.05) is 6.61 Å². The Morgan fingerprint density at radius 2 is 1.93 bits per heavy atom. The quantitative estimate of drug-likeness (QED) is 0.592. The van der Waals surface area contributed by atoms with Gasteiger partial charge in [-0.25, -0.2) is 4.79 Å². The molecule has 1 heterocycles. The van der Waals surface area contributed by atoms with E-state index in [0.29, 0.717) is 21.6 Å². The van der Waals surface area contributed by atoms with Crippen molar-refractivity contribution < 1.29 is 18.7 Å². The Balaban J connectivity index is 2.14. The van der Waals surface area contributed by atoms with E-state index in [4.69, 9.17) is 25.5 Å². The zero-order valence-corrected chi connectivity index (χ0v) is 16.0. The molecule has 0 aliphatic heterocycles. The highest BCUT2D eigenvalue weighted by Gasteiger charge is 2.21. The summed E-state index contributed by atoms with van der Waals surface area (Å²) in [6.07, 6.45) is -0.278. The molecule has 6 heteroatoms. The topological polar surface area (TPSA) is 65.7 Å². The summed E-state index contributed by atoms with van der Waals surface area (Å²) in [5.41, 5.74) is 1.51. The molecule has 0 radical (unpaired) electrons. The lowest BCUT2D eigenvalue weighted by atomic mass is 10.1. The molecule has 0 saturated carbocycles. The third kappa shape index (κ3) is 4.14. The van der Waals surface area contributed by atoms with Gasteiger partial charge in [0.1, 0.15) is 5.58 Å². The number of esters is 1. The van der Waals surface area contributed by atoms with Crippen LogP contribution in [0.2, 0.25) is 5.02 Å². The van der Waals surface area contributed by atoms with Gasteiger partial charge in [-0.05, 0) is 50.6 Å². The molecular weight excluding hydrogens is 368 g/mol. The van der Waals surface area contributed by atoms with Crippen LogP contribution in [0.15, 0.2) is 51.7 Å². The third-order valence-electron chi connectivity index (χ3n) is 3.83. The van der Waals surface area contributed by atoms with Gasteiger partial charge >= 0.3 is 5.97 Å². The molecule has 0 saturated heterocycles. The number of halogens is 1. The zero-order valence-electron chi connectivity index (χ0n) is 15.2. The van der Waals surface area contributed by atoms with Crippen molar-refractivity contribution in [2.24, 2.45) is 0 Å². The fraction of sp³-hybridized carbons (Fsp3) is 0.238. The smallest absolute Gasteiger partial charge is 0.344 e. The first-order valence-electron chi connectivity index (χ1n) is 8.51. The summed E-state index contributed by atoms with van der Waals surface area (Å²) in [7, 11) is 0. The van der Waals surface area contributed by atoms with Crippen molar-refractivity contribution in [3.8, 4) is 17.1 Å². The molecule has 0 fully saturated rings. The van der Waals surface area contributed by atoms with Gasteiger partial charge in [0.25, 0.3) is 0 Å². The Kier molecular flexibility index (Phi) is 5.51. The molecule has 0 aliphatic rings. The van der Waals surface area contributed by atoms with Gasteiger partial charge < -0.3 is 13.9 Å². The minimum Gasteiger partial charge on any atom is -0.474 e. The number of ether oxygens (including phenoxy) is 2. The van der Waals surface area contributed by atoms with Crippen molar-refractivity contribution in [2.45, 2.75) is 26.9 Å². The number of aryl methyl sites for hydroxylation is 1. The maximum atomic E-state index is 13.0. The SMILES string of the molecule is Cc1ccc2c(=O)c(OCC(=O)OC(C)C)c(-c3ccccc3Cl)oc2c1. The van der Waals surface area contributed by atoms with E-state index in [9.17, 15) is 9.59 Å². The molecule has 0 unspecified atom stereocenters. The largest absolute Gasteiger partial charge is 0.474 e.